The Labute approximate surface area is 132 Å². The highest BCUT2D eigenvalue weighted by Gasteiger charge is 2.49. The van der Waals surface area contributed by atoms with Gasteiger partial charge >= 0.3 is 0 Å². The lowest BCUT2D eigenvalue weighted by atomic mass is 9.54. The van der Waals surface area contributed by atoms with Crippen molar-refractivity contribution in [1.29, 1.82) is 0 Å². The third-order valence-electron chi connectivity index (χ3n) is 5.33. The van der Waals surface area contributed by atoms with E-state index in [1.54, 1.807) is 12.1 Å². The Hall–Kier alpha value is 0.0900. The summed E-state index contributed by atoms with van der Waals surface area (Å²) in [6, 6.07) is 3.66. The SMILES string of the molecule is O=S(=O)(NC1C2CC3CC(C2)CC1C3)c1ccc(Br)s1. The van der Waals surface area contributed by atoms with Crippen LogP contribution in [-0.2, 0) is 10.0 Å². The molecule has 0 amide bonds. The van der Waals surface area contributed by atoms with Crippen LogP contribution in [0.5, 0.6) is 0 Å². The zero-order valence-electron chi connectivity index (χ0n) is 11.1. The van der Waals surface area contributed by atoms with Gasteiger partial charge in [-0.25, -0.2) is 13.1 Å². The van der Waals surface area contributed by atoms with Crippen molar-refractivity contribution in [3.8, 4) is 0 Å². The van der Waals surface area contributed by atoms with E-state index in [0.29, 0.717) is 16.0 Å². The van der Waals surface area contributed by atoms with Crippen LogP contribution in [0.15, 0.2) is 20.1 Å². The van der Waals surface area contributed by atoms with Crippen molar-refractivity contribution in [2.24, 2.45) is 23.7 Å². The first-order valence-electron chi connectivity index (χ1n) is 7.29. The van der Waals surface area contributed by atoms with Gasteiger partial charge in [0.05, 0.1) is 3.79 Å². The highest BCUT2D eigenvalue weighted by molar-refractivity contribution is 9.11. The van der Waals surface area contributed by atoms with Crippen LogP contribution in [0.3, 0.4) is 0 Å². The third-order valence-corrected chi connectivity index (χ3v) is 8.91. The van der Waals surface area contributed by atoms with Crippen LogP contribution >= 0.6 is 27.3 Å². The molecule has 0 spiro atoms. The molecule has 3 nitrogen and oxygen atoms in total. The van der Waals surface area contributed by atoms with Crippen LogP contribution in [0.2, 0.25) is 0 Å². The number of thiophene rings is 1. The van der Waals surface area contributed by atoms with E-state index < -0.39 is 10.0 Å². The van der Waals surface area contributed by atoms with E-state index >= 15 is 0 Å². The van der Waals surface area contributed by atoms with Crippen molar-refractivity contribution < 1.29 is 8.42 Å². The molecule has 4 aliphatic carbocycles. The van der Waals surface area contributed by atoms with Crippen LogP contribution in [0.25, 0.3) is 0 Å². The van der Waals surface area contributed by atoms with Gasteiger partial charge in [0.15, 0.2) is 0 Å². The zero-order valence-corrected chi connectivity index (χ0v) is 14.3. The molecule has 6 heteroatoms. The van der Waals surface area contributed by atoms with Gasteiger partial charge in [-0.15, -0.1) is 11.3 Å². The zero-order chi connectivity index (χ0) is 13.9. The predicted molar refractivity (Wildman–Crippen MR) is 83.2 cm³/mol. The fourth-order valence-corrected chi connectivity index (χ4v) is 8.20. The van der Waals surface area contributed by atoms with Crippen LogP contribution in [0.1, 0.15) is 32.1 Å². The minimum atomic E-state index is -3.35. The molecule has 0 radical (unpaired) electrons. The summed E-state index contributed by atoms with van der Waals surface area (Å²) in [5.74, 6) is 2.89. The maximum absolute atomic E-state index is 12.5. The van der Waals surface area contributed by atoms with Crippen LogP contribution in [0, 0.1) is 23.7 Å². The Balaban J connectivity index is 1.57. The quantitative estimate of drug-likeness (QED) is 0.876. The maximum atomic E-state index is 12.5. The van der Waals surface area contributed by atoms with E-state index in [1.165, 1.54) is 43.4 Å². The van der Waals surface area contributed by atoms with Crippen LogP contribution < -0.4 is 4.72 Å². The van der Waals surface area contributed by atoms with E-state index in [-0.39, 0.29) is 6.04 Å². The van der Waals surface area contributed by atoms with E-state index in [0.717, 1.165) is 15.6 Å². The molecular formula is C14H18BrNO2S2. The summed E-state index contributed by atoms with van der Waals surface area (Å²) in [6.07, 6.45) is 6.32. The molecule has 1 heterocycles. The van der Waals surface area contributed by atoms with Crippen LogP contribution in [-0.4, -0.2) is 14.5 Å². The molecule has 1 aromatic heterocycles. The summed E-state index contributed by atoms with van der Waals surface area (Å²) in [7, 11) is -3.35. The topological polar surface area (TPSA) is 46.2 Å². The molecule has 4 saturated carbocycles. The first kappa shape index (κ1) is 13.7. The third kappa shape index (κ3) is 2.28. The predicted octanol–water partition coefficient (Wildman–Crippen LogP) is 3.61. The van der Waals surface area contributed by atoms with Gasteiger partial charge < -0.3 is 0 Å². The molecule has 0 aliphatic heterocycles. The van der Waals surface area contributed by atoms with Crippen molar-refractivity contribution in [2.75, 3.05) is 0 Å². The second-order valence-corrected chi connectivity index (χ2v) is 11.0. The van der Waals surface area contributed by atoms with Gasteiger partial charge in [0.1, 0.15) is 4.21 Å². The molecule has 1 aromatic rings. The summed E-state index contributed by atoms with van der Waals surface area (Å²) in [5.41, 5.74) is 0. The molecule has 1 N–H and O–H groups in total. The van der Waals surface area contributed by atoms with Gasteiger partial charge in [0.2, 0.25) is 10.0 Å². The van der Waals surface area contributed by atoms with Gasteiger partial charge in [-0.3, -0.25) is 0 Å². The van der Waals surface area contributed by atoms with Crippen molar-refractivity contribution >= 4 is 37.3 Å². The minimum absolute atomic E-state index is 0.175. The number of hydrogen-bond donors (Lipinski definition) is 1. The summed E-state index contributed by atoms with van der Waals surface area (Å²) >= 11 is 4.63. The Morgan fingerprint density at radius 3 is 2.15 bits per heavy atom. The van der Waals surface area contributed by atoms with E-state index in [2.05, 4.69) is 20.7 Å². The average Bonchev–Trinajstić information content (AvgIpc) is 2.80. The van der Waals surface area contributed by atoms with E-state index in [4.69, 9.17) is 0 Å². The van der Waals surface area contributed by atoms with Crippen molar-refractivity contribution in [3.63, 3.8) is 0 Å². The second kappa shape index (κ2) is 4.80. The molecule has 4 fully saturated rings. The number of halogens is 1. The van der Waals surface area contributed by atoms with Crippen molar-refractivity contribution in [2.45, 2.75) is 42.4 Å². The molecule has 0 unspecified atom stereocenters. The maximum Gasteiger partial charge on any atom is 0.250 e. The summed E-state index contributed by atoms with van der Waals surface area (Å²) in [4.78, 5) is 0. The highest BCUT2D eigenvalue weighted by atomic mass is 79.9. The molecular weight excluding hydrogens is 358 g/mol. The highest BCUT2D eigenvalue weighted by Crippen LogP contribution is 2.54. The molecule has 20 heavy (non-hydrogen) atoms. The van der Waals surface area contributed by atoms with E-state index in [9.17, 15) is 8.42 Å². The first-order valence-corrected chi connectivity index (χ1v) is 10.4. The molecule has 0 saturated heterocycles. The summed E-state index contributed by atoms with van der Waals surface area (Å²) < 4.78 is 29.4. The normalized spacial score (nSPS) is 39.4. The number of rotatable bonds is 3. The van der Waals surface area contributed by atoms with Crippen molar-refractivity contribution in [1.82, 2.24) is 4.72 Å². The molecule has 0 aromatic carbocycles. The Kier molecular flexibility index (Phi) is 3.29. The fourth-order valence-electron chi connectivity index (χ4n) is 4.80. The lowest BCUT2D eigenvalue weighted by Crippen LogP contribution is -2.55. The summed E-state index contributed by atoms with van der Waals surface area (Å²) in [5, 5.41) is 0. The smallest absolute Gasteiger partial charge is 0.207 e. The molecule has 4 aliphatic rings. The summed E-state index contributed by atoms with van der Waals surface area (Å²) in [6.45, 7) is 0. The number of nitrogens with one attached hydrogen (secondary N) is 1. The molecule has 0 atom stereocenters. The second-order valence-electron chi connectivity index (χ2n) is 6.64. The fraction of sp³-hybridized carbons (Fsp3) is 0.714. The Bertz CT molecular complexity index is 597. The molecule has 4 bridgehead atoms. The standard InChI is InChI=1S/C14H18BrNO2S2/c15-12-1-2-13(19-12)20(17,18)16-14-10-4-8-3-9(6-10)7-11(14)5-8/h1-2,8-11,14,16H,3-7H2. The monoisotopic (exact) mass is 375 g/mol. The first-order chi connectivity index (χ1) is 9.51. The van der Waals surface area contributed by atoms with E-state index in [1.807, 2.05) is 0 Å². The average molecular weight is 376 g/mol. The van der Waals surface area contributed by atoms with Gasteiger partial charge in [-0.05, 0) is 83.8 Å². The van der Waals surface area contributed by atoms with Gasteiger partial charge in [-0.2, -0.15) is 0 Å². The van der Waals surface area contributed by atoms with Crippen LogP contribution in [0.4, 0.5) is 0 Å². The van der Waals surface area contributed by atoms with Gasteiger partial charge in [-0.1, -0.05) is 0 Å². The largest absolute Gasteiger partial charge is 0.250 e. The van der Waals surface area contributed by atoms with Crippen molar-refractivity contribution in [3.05, 3.63) is 15.9 Å². The van der Waals surface area contributed by atoms with Gasteiger partial charge in [0.25, 0.3) is 0 Å². The lowest BCUT2D eigenvalue weighted by molar-refractivity contribution is -0.00556. The molecule has 110 valence electrons. The Morgan fingerprint density at radius 2 is 1.65 bits per heavy atom. The van der Waals surface area contributed by atoms with Gasteiger partial charge in [0, 0.05) is 6.04 Å². The number of hydrogen-bond acceptors (Lipinski definition) is 3. The molecule has 5 rings (SSSR count). The minimum Gasteiger partial charge on any atom is -0.207 e. The number of sulfonamides is 1. The lowest BCUT2D eigenvalue weighted by Gasteiger charge is -2.54. The Morgan fingerprint density at radius 1 is 1.05 bits per heavy atom.